The summed E-state index contributed by atoms with van der Waals surface area (Å²) in [7, 11) is -3.41. The van der Waals surface area contributed by atoms with Crippen LogP contribution in [0.2, 0.25) is 0 Å². The molecule has 158 valence electrons. The minimum Gasteiger partial charge on any atom is -0.349 e. The molecule has 30 heavy (non-hydrogen) atoms. The van der Waals surface area contributed by atoms with Crippen molar-refractivity contribution in [2.75, 3.05) is 13.1 Å². The summed E-state index contributed by atoms with van der Waals surface area (Å²) in [6.45, 7) is 4.78. The van der Waals surface area contributed by atoms with E-state index in [4.69, 9.17) is 0 Å². The number of hydrogen-bond donors (Lipinski definition) is 1. The molecule has 1 fully saturated rings. The van der Waals surface area contributed by atoms with Crippen LogP contribution in [0.3, 0.4) is 0 Å². The first-order valence-electron chi connectivity index (χ1n) is 10.2. The van der Waals surface area contributed by atoms with E-state index in [1.165, 1.54) is 11.3 Å². The Balaban J connectivity index is 1.63. The zero-order valence-electron chi connectivity index (χ0n) is 17.2. The summed E-state index contributed by atoms with van der Waals surface area (Å²) in [5.74, 6) is -0.0579. The second-order valence-electron chi connectivity index (χ2n) is 8.05. The zero-order valence-corrected chi connectivity index (χ0v) is 18.8. The van der Waals surface area contributed by atoms with Gasteiger partial charge in [-0.2, -0.15) is 0 Å². The number of sulfonamides is 1. The van der Waals surface area contributed by atoms with Crippen molar-refractivity contribution in [1.29, 1.82) is 0 Å². The van der Waals surface area contributed by atoms with Gasteiger partial charge in [0.25, 0.3) is 5.91 Å². The number of carbonyl (C=O) groups excluding carboxylic acids is 1. The maximum atomic E-state index is 13.0. The standard InChI is InChI=1S/C23H26N2O3S2/c1-16(2)24-23(26)22-21(19-10-6-7-11-20(19)29-22)18-12-13-25(14-18)30(27,28)15-17-8-4-3-5-9-17/h3-11,16,18H,12-15H2,1-2H3,(H,24,26)/t18-/m0/s1. The smallest absolute Gasteiger partial charge is 0.261 e. The molecule has 0 radical (unpaired) electrons. The third-order valence-corrected chi connectivity index (χ3v) is 8.41. The van der Waals surface area contributed by atoms with Crippen LogP contribution >= 0.6 is 11.3 Å². The first-order valence-corrected chi connectivity index (χ1v) is 12.6. The second-order valence-corrected chi connectivity index (χ2v) is 11.1. The highest BCUT2D eigenvalue weighted by molar-refractivity contribution is 7.88. The van der Waals surface area contributed by atoms with Gasteiger partial charge in [-0.05, 0) is 42.8 Å². The molecule has 2 heterocycles. The average Bonchev–Trinajstić information content (AvgIpc) is 3.33. The van der Waals surface area contributed by atoms with Gasteiger partial charge in [-0.3, -0.25) is 4.79 Å². The lowest BCUT2D eigenvalue weighted by Crippen LogP contribution is -2.31. The Morgan fingerprint density at radius 2 is 1.83 bits per heavy atom. The monoisotopic (exact) mass is 442 g/mol. The van der Waals surface area contributed by atoms with Gasteiger partial charge in [0, 0.05) is 29.7 Å². The molecule has 1 aliphatic rings. The number of nitrogens with zero attached hydrogens (tertiary/aromatic N) is 1. The lowest BCUT2D eigenvalue weighted by Gasteiger charge is -2.17. The second kappa shape index (κ2) is 8.49. The first kappa shape index (κ1) is 21.0. The number of amides is 1. The van der Waals surface area contributed by atoms with Crippen LogP contribution in [0.25, 0.3) is 10.1 Å². The minimum absolute atomic E-state index is 0.00559. The molecule has 1 N–H and O–H groups in total. The van der Waals surface area contributed by atoms with Crippen molar-refractivity contribution in [2.45, 2.75) is 38.0 Å². The normalized spacial score (nSPS) is 17.6. The van der Waals surface area contributed by atoms with Gasteiger partial charge in [-0.25, -0.2) is 12.7 Å². The molecule has 7 heteroatoms. The molecule has 0 aliphatic carbocycles. The number of benzene rings is 2. The lowest BCUT2D eigenvalue weighted by molar-refractivity contribution is 0.0946. The fourth-order valence-electron chi connectivity index (χ4n) is 4.06. The van der Waals surface area contributed by atoms with E-state index in [2.05, 4.69) is 5.32 Å². The van der Waals surface area contributed by atoms with Gasteiger partial charge in [0.1, 0.15) is 0 Å². The van der Waals surface area contributed by atoms with Gasteiger partial charge in [-0.1, -0.05) is 48.5 Å². The van der Waals surface area contributed by atoms with Crippen LogP contribution in [-0.4, -0.2) is 37.8 Å². The molecule has 0 unspecified atom stereocenters. The first-order chi connectivity index (χ1) is 14.3. The van der Waals surface area contributed by atoms with E-state index >= 15 is 0 Å². The van der Waals surface area contributed by atoms with Gasteiger partial charge in [-0.15, -0.1) is 11.3 Å². The molecule has 0 bridgehead atoms. The Kier molecular flexibility index (Phi) is 5.95. The summed E-state index contributed by atoms with van der Waals surface area (Å²) in [6, 6.07) is 17.3. The predicted molar refractivity (Wildman–Crippen MR) is 122 cm³/mol. The summed E-state index contributed by atoms with van der Waals surface area (Å²) in [5.41, 5.74) is 1.78. The van der Waals surface area contributed by atoms with E-state index in [-0.39, 0.29) is 23.6 Å². The van der Waals surface area contributed by atoms with Crippen molar-refractivity contribution in [3.8, 4) is 0 Å². The fourth-order valence-corrected chi connectivity index (χ4v) is 6.84. The molecule has 1 atom stereocenters. The zero-order chi connectivity index (χ0) is 21.3. The van der Waals surface area contributed by atoms with Gasteiger partial charge in [0.15, 0.2) is 0 Å². The maximum absolute atomic E-state index is 13.0. The Bertz CT molecular complexity index is 1150. The predicted octanol–water partition coefficient (Wildman–Crippen LogP) is 4.36. The summed E-state index contributed by atoms with van der Waals surface area (Å²) in [5, 5.41) is 4.06. The molecule has 3 aromatic rings. The third-order valence-electron chi connectivity index (χ3n) is 5.40. The largest absolute Gasteiger partial charge is 0.349 e. The van der Waals surface area contributed by atoms with E-state index < -0.39 is 10.0 Å². The van der Waals surface area contributed by atoms with Crippen LogP contribution in [0.1, 0.15) is 47.0 Å². The van der Waals surface area contributed by atoms with Gasteiger partial charge in [0.2, 0.25) is 10.0 Å². The number of thiophene rings is 1. The molecule has 4 rings (SSSR count). The Hall–Kier alpha value is -2.22. The minimum atomic E-state index is -3.41. The van der Waals surface area contributed by atoms with Gasteiger partial charge < -0.3 is 5.32 Å². The van der Waals surface area contributed by atoms with Gasteiger partial charge >= 0.3 is 0 Å². The lowest BCUT2D eigenvalue weighted by atomic mass is 9.95. The number of rotatable bonds is 6. The number of carbonyl (C=O) groups is 1. The highest BCUT2D eigenvalue weighted by Gasteiger charge is 2.35. The number of hydrogen-bond acceptors (Lipinski definition) is 4. The SMILES string of the molecule is CC(C)NC(=O)c1sc2ccccc2c1[C@H]1CCN(S(=O)(=O)Cc2ccccc2)C1. The third kappa shape index (κ3) is 4.29. The average molecular weight is 443 g/mol. The van der Waals surface area contributed by atoms with Crippen LogP contribution in [0, 0.1) is 0 Å². The summed E-state index contributed by atoms with van der Waals surface area (Å²) in [4.78, 5) is 13.6. The molecular formula is C23H26N2O3S2. The molecule has 1 amide bonds. The van der Waals surface area contributed by atoms with E-state index in [0.29, 0.717) is 18.0 Å². The van der Waals surface area contributed by atoms with Crippen molar-refractivity contribution < 1.29 is 13.2 Å². The number of nitrogens with one attached hydrogen (secondary N) is 1. The quantitative estimate of drug-likeness (QED) is 0.617. The highest BCUT2D eigenvalue weighted by atomic mass is 32.2. The van der Waals surface area contributed by atoms with Crippen molar-refractivity contribution in [1.82, 2.24) is 9.62 Å². The number of fused-ring (bicyclic) bond motifs is 1. The van der Waals surface area contributed by atoms with Crippen LogP contribution in [0.15, 0.2) is 54.6 Å². The molecule has 1 aromatic heterocycles. The van der Waals surface area contributed by atoms with E-state index in [1.54, 1.807) is 4.31 Å². The Labute approximate surface area is 181 Å². The van der Waals surface area contributed by atoms with Crippen molar-refractivity contribution >= 4 is 37.4 Å². The van der Waals surface area contributed by atoms with Crippen LogP contribution in [0.4, 0.5) is 0 Å². The van der Waals surface area contributed by atoms with E-state index in [0.717, 1.165) is 27.6 Å². The molecule has 5 nitrogen and oxygen atoms in total. The molecule has 1 aliphatic heterocycles. The summed E-state index contributed by atoms with van der Waals surface area (Å²) >= 11 is 1.49. The Morgan fingerprint density at radius 1 is 1.13 bits per heavy atom. The summed E-state index contributed by atoms with van der Waals surface area (Å²) < 4.78 is 28.6. The maximum Gasteiger partial charge on any atom is 0.261 e. The Morgan fingerprint density at radius 3 is 2.57 bits per heavy atom. The summed E-state index contributed by atoms with van der Waals surface area (Å²) in [6.07, 6.45) is 0.719. The highest BCUT2D eigenvalue weighted by Crippen LogP contribution is 2.40. The molecule has 0 spiro atoms. The van der Waals surface area contributed by atoms with Crippen LogP contribution < -0.4 is 5.32 Å². The topological polar surface area (TPSA) is 66.5 Å². The molecular weight excluding hydrogens is 416 g/mol. The van der Waals surface area contributed by atoms with Crippen LogP contribution in [0.5, 0.6) is 0 Å². The molecule has 0 saturated carbocycles. The molecule has 2 aromatic carbocycles. The van der Waals surface area contributed by atoms with Crippen molar-refractivity contribution in [3.05, 3.63) is 70.6 Å². The van der Waals surface area contributed by atoms with Gasteiger partial charge in [0.05, 0.1) is 10.6 Å². The van der Waals surface area contributed by atoms with E-state index in [9.17, 15) is 13.2 Å². The van der Waals surface area contributed by atoms with Crippen LogP contribution in [-0.2, 0) is 15.8 Å². The van der Waals surface area contributed by atoms with E-state index in [1.807, 2.05) is 68.4 Å². The molecule has 1 saturated heterocycles. The van der Waals surface area contributed by atoms with Crippen molar-refractivity contribution in [2.24, 2.45) is 0 Å². The fraction of sp³-hybridized carbons (Fsp3) is 0.348. The van der Waals surface area contributed by atoms with Crippen molar-refractivity contribution in [3.63, 3.8) is 0 Å².